The molecule has 0 bridgehead atoms. The van der Waals surface area contributed by atoms with Gasteiger partial charge in [0.05, 0.1) is 37.1 Å². The van der Waals surface area contributed by atoms with E-state index in [9.17, 15) is 49.2 Å². The topological polar surface area (TPSA) is 355 Å². The van der Waals surface area contributed by atoms with Crippen molar-refractivity contribution in [3.8, 4) is 17.2 Å². The van der Waals surface area contributed by atoms with Crippen molar-refractivity contribution in [1.82, 2.24) is 10.2 Å². The molecule has 1 aliphatic heterocycles. The third kappa shape index (κ3) is 24.7. The van der Waals surface area contributed by atoms with E-state index in [1.165, 1.54) is 16.7 Å². The van der Waals surface area contributed by atoms with Crippen molar-refractivity contribution in [3.63, 3.8) is 0 Å². The van der Waals surface area contributed by atoms with Crippen LogP contribution in [0.25, 0.3) is 0 Å². The summed E-state index contributed by atoms with van der Waals surface area (Å²) >= 11 is 0. The monoisotopic (exact) mass is 1440 g/mol. The van der Waals surface area contributed by atoms with E-state index < -0.39 is 36.1 Å². The van der Waals surface area contributed by atoms with E-state index >= 15 is 0 Å². The molecule has 23 nitrogen and oxygen atoms in total. The molecule has 4 fully saturated rings. The van der Waals surface area contributed by atoms with Crippen LogP contribution in [0.5, 0.6) is 17.2 Å². The number of carboxylic acid groups (broad SMARTS) is 4. The van der Waals surface area contributed by atoms with Crippen molar-refractivity contribution < 1.29 is 103 Å². The van der Waals surface area contributed by atoms with Crippen LogP contribution in [0.1, 0.15) is 202 Å². The average Bonchev–Trinajstić information content (AvgIpc) is 1.66. The number of rotatable bonds is 37. The van der Waals surface area contributed by atoms with Crippen molar-refractivity contribution in [3.05, 3.63) is 88.0 Å². The number of nitrogens with one attached hydrogen (secondary N) is 1. The second-order valence-electron chi connectivity index (χ2n) is 30.1. The van der Waals surface area contributed by atoms with Crippen LogP contribution < -0.4 is 19.5 Å². The van der Waals surface area contributed by atoms with Crippen LogP contribution in [-0.2, 0) is 71.9 Å². The summed E-state index contributed by atoms with van der Waals surface area (Å²) in [5.74, 6) is 0.511. The molecule has 3 aromatic rings. The molecule has 2 amide bonds. The number of aliphatic hydroxyl groups excluding tert-OH is 5. The summed E-state index contributed by atoms with van der Waals surface area (Å²) in [6.45, 7) is 6.20. The number of aliphatic hydroxyl groups is 5. The first kappa shape index (κ1) is 81.9. The fourth-order valence-electron chi connectivity index (χ4n) is 17.9. The van der Waals surface area contributed by atoms with E-state index in [0.29, 0.717) is 85.1 Å². The largest absolute Gasteiger partial charge is 0.482 e. The van der Waals surface area contributed by atoms with Gasteiger partial charge in [-0.15, -0.1) is 0 Å². The van der Waals surface area contributed by atoms with Crippen LogP contribution in [-0.4, -0.2) is 182 Å². The molecule has 3 aromatic carbocycles. The van der Waals surface area contributed by atoms with Gasteiger partial charge in [0, 0.05) is 19.6 Å². The fraction of sp³-hybridized carbons (Fsp3) is 0.700. The Morgan fingerprint density at radius 2 is 0.825 bits per heavy atom. The highest BCUT2D eigenvalue weighted by Crippen LogP contribution is 2.52. The van der Waals surface area contributed by atoms with Gasteiger partial charge < -0.3 is 84.6 Å². The predicted molar refractivity (Wildman–Crippen MR) is 384 cm³/mol. The van der Waals surface area contributed by atoms with Crippen LogP contribution >= 0.6 is 0 Å². The highest BCUT2D eigenvalue weighted by molar-refractivity contribution is 5.70. The molecule has 0 radical (unpaired) electrons. The van der Waals surface area contributed by atoms with E-state index in [4.69, 9.17) is 54.0 Å². The number of likely N-dealkylation sites (tertiary alicyclic amines) is 1. The van der Waals surface area contributed by atoms with Crippen LogP contribution in [0.4, 0.5) is 9.59 Å². The molecule has 103 heavy (non-hydrogen) atoms. The number of nitrogens with zero attached hydrogens (tertiary/aromatic N) is 1. The number of hydrogen-bond acceptors (Lipinski definition) is 17. The minimum absolute atomic E-state index is 0.0872. The lowest BCUT2D eigenvalue weighted by Gasteiger charge is -2.33. The van der Waals surface area contributed by atoms with Crippen molar-refractivity contribution >= 4 is 36.1 Å². The number of piperidine rings is 1. The van der Waals surface area contributed by atoms with Crippen molar-refractivity contribution in [2.45, 2.75) is 250 Å². The first-order valence-electron chi connectivity index (χ1n) is 38.6. The van der Waals surface area contributed by atoms with Gasteiger partial charge in [-0.3, -0.25) is 0 Å². The maximum absolute atomic E-state index is 12.8. The molecular formula is C80H118N2O21. The smallest absolute Gasteiger partial charge is 0.410 e. The fourth-order valence-corrected chi connectivity index (χ4v) is 17.9. The molecule has 574 valence electrons. The zero-order valence-electron chi connectivity index (χ0n) is 61.0. The number of benzene rings is 3. The normalized spacial score (nSPS) is 25.2. The van der Waals surface area contributed by atoms with Crippen molar-refractivity contribution in [2.24, 2.45) is 53.3 Å². The second-order valence-corrected chi connectivity index (χ2v) is 30.1. The zero-order valence-corrected chi connectivity index (χ0v) is 61.0. The van der Waals surface area contributed by atoms with Crippen LogP contribution in [0.15, 0.2) is 54.6 Å². The summed E-state index contributed by atoms with van der Waals surface area (Å²) in [6.07, 6.45) is 22.3. The number of aliphatic carboxylic acids is 4. The first-order valence-corrected chi connectivity index (χ1v) is 38.6. The highest BCUT2D eigenvalue weighted by atomic mass is 16.6. The van der Waals surface area contributed by atoms with E-state index in [1.807, 2.05) is 36.4 Å². The summed E-state index contributed by atoms with van der Waals surface area (Å²) in [5, 5.41) is 89.9. The molecule has 7 aliphatic rings. The summed E-state index contributed by atoms with van der Waals surface area (Å²) in [4.78, 5) is 70.4. The molecular weight excluding hydrogens is 1320 g/mol. The SMILES string of the molecule is CCCCC[C@@H](CC[C@@H]1[C@H]2Cc3cccc(OCC(=O)O)c3C[C@H]2C[C@H]1O)OC(=O)N1CCC(O)CC1.CCCCC[C@@H](CC[C@@H]1[C@H]2Cc3cccc(OCC(=O)O)c3C[C@H]2C[C@H]1O)OC(=O)NCCO.CCCCC[C@@H](CC[C@@H]1[C@H]2Cc3cccc(OCC(=O)O)c3C[C@H]2C[C@H]1O)OCC(=O)O. The highest BCUT2D eigenvalue weighted by Gasteiger charge is 2.48. The van der Waals surface area contributed by atoms with Crippen LogP contribution in [0.2, 0.25) is 0 Å². The molecule has 3 saturated carbocycles. The van der Waals surface area contributed by atoms with Gasteiger partial charge in [0.2, 0.25) is 0 Å². The molecule has 1 heterocycles. The van der Waals surface area contributed by atoms with E-state index in [-0.39, 0.29) is 100 Å². The molecule has 1 saturated heterocycles. The third-order valence-electron chi connectivity index (χ3n) is 23.0. The van der Waals surface area contributed by atoms with Crippen LogP contribution in [0, 0.1) is 53.3 Å². The van der Waals surface area contributed by atoms with Gasteiger partial charge in [-0.2, -0.15) is 0 Å². The summed E-state index contributed by atoms with van der Waals surface area (Å²) in [5.41, 5.74) is 6.75. The van der Waals surface area contributed by atoms with Gasteiger partial charge in [0.25, 0.3) is 0 Å². The zero-order chi connectivity index (χ0) is 74.0. The van der Waals surface area contributed by atoms with Gasteiger partial charge in [-0.05, 0) is 246 Å². The van der Waals surface area contributed by atoms with Gasteiger partial charge in [0.15, 0.2) is 19.8 Å². The average molecular weight is 1440 g/mol. The Morgan fingerprint density at radius 3 is 1.18 bits per heavy atom. The lowest BCUT2D eigenvalue weighted by molar-refractivity contribution is -0.145. The van der Waals surface area contributed by atoms with Gasteiger partial charge in [-0.25, -0.2) is 28.8 Å². The number of ether oxygens (including phenoxy) is 6. The maximum atomic E-state index is 12.8. The first-order chi connectivity index (χ1) is 49.7. The van der Waals surface area contributed by atoms with E-state index in [2.05, 4.69) is 44.3 Å². The second kappa shape index (κ2) is 41.8. The molecule has 10 N–H and O–H groups in total. The predicted octanol–water partition coefficient (Wildman–Crippen LogP) is 11.2. The Morgan fingerprint density at radius 1 is 0.466 bits per heavy atom. The quantitative estimate of drug-likeness (QED) is 0.0240. The summed E-state index contributed by atoms with van der Waals surface area (Å²) < 4.78 is 33.9. The van der Waals surface area contributed by atoms with Gasteiger partial charge in [-0.1, -0.05) is 102 Å². The number of carbonyl (C=O) groups excluding carboxylic acids is 2. The van der Waals surface area contributed by atoms with E-state index in [0.717, 1.165) is 184 Å². The van der Waals surface area contributed by atoms with Crippen molar-refractivity contribution in [1.29, 1.82) is 0 Å². The van der Waals surface area contributed by atoms with Gasteiger partial charge in [0.1, 0.15) is 36.1 Å². The Bertz CT molecular complexity index is 3160. The van der Waals surface area contributed by atoms with Gasteiger partial charge >= 0.3 is 36.1 Å². The minimum atomic E-state index is -0.997. The molecule has 0 unspecified atom stereocenters. The Balaban J connectivity index is 0.000000196. The summed E-state index contributed by atoms with van der Waals surface area (Å²) in [6, 6.07) is 17.4. The lowest BCUT2D eigenvalue weighted by Crippen LogP contribution is -2.41. The number of amides is 2. The minimum Gasteiger partial charge on any atom is -0.482 e. The molecule has 0 aromatic heterocycles. The Hall–Kier alpha value is -6.76. The molecule has 15 atom stereocenters. The number of alkyl carbamates (subject to hydrolysis) is 1. The van der Waals surface area contributed by atoms with E-state index in [1.54, 1.807) is 4.90 Å². The van der Waals surface area contributed by atoms with Crippen LogP contribution in [0.3, 0.4) is 0 Å². The number of fused-ring (bicyclic) bond motifs is 6. The lowest BCUT2D eigenvalue weighted by atomic mass is 9.73. The number of unbranched alkanes of at least 4 members (excludes halogenated alkanes) is 6. The maximum Gasteiger partial charge on any atom is 0.410 e. The number of hydrogen-bond donors (Lipinski definition) is 10. The molecule has 23 heteroatoms. The standard InChI is InChI=1S/C29H43NO7.C26H39NO7.C25H36O7/c1-2-3-4-7-22(37-29(35)30-13-11-21(31)12-14-30)9-10-23-24-15-19-6-5-8-27(36-18-28(33)34)25(19)16-20(24)17-26(23)32;1-2-3-4-7-19(34-26(32)27-11-12-28)9-10-20-21-13-17-6-5-8-24(33-16-25(30)31)22(17)14-18(21)15-23(20)29;1-2-3-4-7-18(31-14-24(27)28)9-10-19-20-11-16-6-5-8-23(32-15-25(29)30)21(16)12-17(20)13-22(19)26/h5-6,8,20-24,26,31-32H,2-4,7,9-18H2,1H3,(H,33,34);5-6,8,18-21,23,28-29H,2-4,7,9-16H2,1H3,(H,27,32)(H,30,31);5-6,8,17-20,22,26H,2-4,7,9-15H2,1H3,(H,27,28)(H,29,30)/t20-,22-,23+,24-,26+;18-,19-,20+,21-,23+;17-,18-,19+,20-,22+/m000/s1. The molecule has 10 rings (SSSR count). The molecule has 0 spiro atoms. The van der Waals surface area contributed by atoms with Crippen molar-refractivity contribution in [2.75, 3.05) is 52.7 Å². The molecule has 6 aliphatic carbocycles. The number of carboxylic acids is 4. The third-order valence-corrected chi connectivity index (χ3v) is 23.0. The number of carbonyl (C=O) groups is 6. The Kier molecular flexibility index (Phi) is 33.2. The Labute approximate surface area is 607 Å². The summed E-state index contributed by atoms with van der Waals surface area (Å²) in [7, 11) is 0.